The van der Waals surface area contributed by atoms with Gasteiger partial charge < -0.3 is 4.74 Å². The van der Waals surface area contributed by atoms with Crippen LogP contribution in [0.15, 0.2) is 6.20 Å². The van der Waals surface area contributed by atoms with Gasteiger partial charge in [0, 0.05) is 25.9 Å². The normalized spacial score (nSPS) is 12.2. The van der Waals surface area contributed by atoms with Crippen molar-refractivity contribution in [2.45, 2.75) is 33.1 Å². The molecule has 0 saturated carbocycles. The minimum absolute atomic E-state index is 0.270. The summed E-state index contributed by atoms with van der Waals surface area (Å²) in [5, 5.41) is 5.58. The third kappa shape index (κ3) is 3.48. The van der Waals surface area contributed by atoms with Gasteiger partial charge in [-0.2, -0.15) is 10.1 Å². The van der Waals surface area contributed by atoms with E-state index < -0.39 is 0 Å². The van der Waals surface area contributed by atoms with Crippen molar-refractivity contribution in [1.29, 1.82) is 0 Å². The van der Waals surface area contributed by atoms with Crippen molar-refractivity contribution in [2.75, 3.05) is 21.3 Å². The number of aryl methyl sites for hydroxylation is 2. The Morgan fingerprint density at radius 1 is 1.28 bits per heavy atom. The number of ether oxygens (including phenoxy) is 1. The number of fused-ring (bicyclic) bond motifs is 3. The van der Waals surface area contributed by atoms with Gasteiger partial charge in [-0.05, 0) is 24.8 Å². The number of rotatable bonds is 3. The van der Waals surface area contributed by atoms with Crippen LogP contribution in [0.5, 0.6) is 6.01 Å². The molecule has 0 unspecified atom stereocenters. The molecule has 2 aromatic rings. The van der Waals surface area contributed by atoms with E-state index in [1.165, 1.54) is 19.3 Å². The summed E-state index contributed by atoms with van der Waals surface area (Å²) in [6.07, 6.45) is 4.28. The standard InChI is InChI=1S/C15H19N5O3.C2H6/c1-19-13-10(12(18-19)14(21)20(2)23-4)7-5-6-9-8-16-15(22-3)17-11(9)13;1-2/h8H,5-7H2,1-4H3;1-2H3. The average molecular weight is 347 g/mol. The van der Waals surface area contributed by atoms with E-state index in [1.807, 2.05) is 20.9 Å². The molecular formula is C17H25N5O3. The molecule has 0 radical (unpaired) electrons. The molecule has 1 aliphatic carbocycles. The molecule has 0 aliphatic heterocycles. The molecular weight excluding hydrogens is 322 g/mol. The highest BCUT2D eigenvalue weighted by Crippen LogP contribution is 2.33. The van der Waals surface area contributed by atoms with Crippen molar-refractivity contribution >= 4 is 5.91 Å². The van der Waals surface area contributed by atoms with E-state index in [0.717, 1.165) is 41.8 Å². The molecule has 0 atom stereocenters. The van der Waals surface area contributed by atoms with Gasteiger partial charge >= 0.3 is 6.01 Å². The van der Waals surface area contributed by atoms with E-state index in [2.05, 4.69) is 15.1 Å². The van der Waals surface area contributed by atoms with Crippen molar-refractivity contribution in [3.05, 3.63) is 23.0 Å². The van der Waals surface area contributed by atoms with Crippen LogP contribution in [0.4, 0.5) is 0 Å². The van der Waals surface area contributed by atoms with Gasteiger partial charge in [-0.15, -0.1) is 0 Å². The first-order valence-electron chi connectivity index (χ1n) is 8.35. The highest BCUT2D eigenvalue weighted by atomic mass is 16.7. The van der Waals surface area contributed by atoms with E-state index in [9.17, 15) is 4.79 Å². The van der Waals surface area contributed by atoms with Crippen molar-refractivity contribution in [3.63, 3.8) is 0 Å². The first-order valence-corrected chi connectivity index (χ1v) is 8.35. The second kappa shape index (κ2) is 8.06. The van der Waals surface area contributed by atoms with Gasteiger partial charge in [-0.3, -0.25) is 14.3 Å². The number of nitrogens with zero attached hydrogens (tertiary/aromatic N) is 5. The van der Waals surface area contributed by atoms with Gasteiger partial charge in [-0.25, -0.2) is 10.0 Å². The van der Waals surface area contributed by atoms with Gasteiger partial charge in [-0.1, -0.05) is 13.8 Å². The molecule has 8 heteroatoms. The minimum atomic E-state index is -0.270. The largest absolute Gasteiger partial charge is 0.467 e. The summed E-state index contributed by atoms with van der Waals surface area (Å²) in [5.74, 6) is -0.270. The van der Waals surface area contributed by atoms with E-state index in [4.69, 9.17) is 9.57 Å². The Morgan fingerprint density at radius 3 is 2.64 bits per heavy atom. The predicted molar refractivity (Wildman–Crippen MR) is 93.3 cm³/mol. The average Bonchev–Trinajstić information content (AvgIpc) is 2.86. The Hall–Kier alpha value is -2.48. The lowest BCUT2D eigenvalue weighted by atomic mass is 10.1. The van der Waals surface area contributed by atoms with E-state index >= 15 is 0 Å². The van der Waals surface area contributed by atoms with Gasteiger partial charge in [0.05, 0.1) is 25.6 Å². The zero-order chi connectivity index (χ0) is 18.6. The molecule has 2 aromatic heterocycles. The maximum absolute atomic E-state index is 12.5. The summed E-state index contributed by atoms with van der Waals surface area (Å²) >= 11 is 0. The van der Waals surface area contributed by atoms with Crippen LogP contribution in [0.25, 0.3) is 11.4 Å². The molecule has 0 saturated heterocycles. The second-order valence-electron chi connectivity index (χ2n) is 5.37. The molecule has 8 nitrogen and oxygen atoms in total. The first-order chi connectivity index (χ1) is 12.1. The predicted octanol–water partition coefficient (Wildman–Crippen LogP) is 2.03. The molecule has 0 N–H and O–H groups in total. The number of hydrogen-bond acceptors (Lipinski definition) is 6. The Bertz CT molecular complexity index is 757. The Morgan fingerprint density at radius 2 is 2.00 bits per heavy atom. The minimum Gasteiger partial charge on any atom is -0.467 e. The van der Waals surface area contributed by atoms with E-state index in [1.54, 1.807) is 17.9 Å². The molecule has 136 valence electrons. The van der Waals surface area contributed by atoms with E-state index in [0.29, 0.717) is 11.7 Å². The van der Waals surface area contributed by atoms with Crippen LogP contribution in [-0.2, 0) is 24.7 Å². The summed E-state index contributed by atoms with van der Waals surface area (Å²) in [4.78, 5) is 26.1. The maximum atomic E-state index is 12.5. The number of hydroxylamine groups is 2. The number of hydrogen-bond donors (Lipinski definition) is 0. The Labute approximate surface area is 147 Å². The zero-order valence-electron chi connectivity index (χ0n) is 15.7. The molecule has 1 amide bonds. The molecule has 2 heterocycles. The first kappa shape index (κ1) is 18.9. The lowest BCUT2D eigenvalue weighted by Crippen LogP contribution is -2.26. The van der Waals surface area contributed by atoms with Crippen LogP contribution in [0, 0.1) is 0 Å². The highest BCUT2D eigenvalue weighted by molar-refractivity contribution is 5.95. The summed E-state index contributed by atoms with van der Waals surface area (Å²) in [5.41, 5.74) is 3.94. The Balaban J connectivity index is 0.00000109. The highest BCUT2D eigenvalue weighted by Gasteiger charge is 2.29. The van der Waals surface area contributed by atoms with Crippen LogP contribution in [-0.4, -0.2) is 52.0 Å². The van der Waals surface area contributed by atoms with Crippen LogP contribution in [0.3, 0.4) is 0 Å². The van der Waals surface area contributed by atoms with Crippen molar-refractivity contribution < 1.29 is 14.4 Å². The lowest BCUT2D eigenvalue weighted by Gasteiger charge is -2.12. The molecule has 0 bridgehead atoms. The summed E-state index contributed by atoms with van der Waals surface area (Å²) in [6.45, 7) is 4.00. The van der Waals surface area contributed by atoms with Gasteiger partial charge in [0.1, 0.15) is 0 Å². The van der Waals surface area contributed by atoms with Crippen molar-refractivity contribution in [1.82, 2.24) is 24.8 Å². The fourth-order valence-electron chi connectivity index (χ4n) is 2.84. The van der Waals surface area contributed by atoms with Crippen LogP contribution >= 0.6 is 0 Å². The number of methoxy groups -OCH3 is 1. The van der Waals surface area contributed by atoms with Gasteiger partial charge in [0.25, 0.3) is 5.91 Å². The fourth-order valence-corrected chi connectivity index (χ4v) is 2.84. The van der Waals surface area contributed by atoms with Gasteiger partial charge in [0.15, 0.2) is 5.69 Å². The maximum Gasteiger partial charge on any atom is 0.316 e. The zero-order valence-corrected chi connectivity index (χ0v) is 15.7. The molecule has 25 heavy (non-hydrogen) atoms. The molecule has 0 spiro atoms. The van der Waals surface area contributed by atoms with E-state index in [-0.39, 0.29) is 5.91 Å². The van der Waals surface area contributed by atoms with Crippen LogP contribution < -0.4 is 4.74 Å². The third-order valence-electron chi connectivity index (χ3n) is 4.03. The van der Waals surface area contributed by atoms with Crippen molar-refractivity contribution in [3.8, 4) is 17.4 Å². The smallest absolute Gasteiger partial charge is 0.316 e. The number of carbonyl (C=O) groups is 1. The molecule has 0 fully saturated rings. The van der Waals surface area contributed by atoms with Crippen LogP contribution in [0.2, 0.25) is 0 Å². The number of carbonyl (C=O) groups excluding carboxylic acids is 1. The molecule has 0 aromatic carbocycles. The van der Waals surface area contributed by atoms with Gasteiger partial charge in [0.2, 0.25) is 0 Å². The Kier molecular flexibility index (Phi) is 6.08. The topological polar surface area (TPSA) is 82.4 Å². The third-order valence-corrected chi connectivity index (χ3v) is 4.03. The monoisotopic (exact) mass is 347 g/mol. The quantitative estimate of drug-likeness (QED) is 0.790. The second-order valence-corrected chi connectivity index (χ2v) is 5.37. The van der Waals surface area contributed by atoms with Crippen molar-refractivity contribution in [2.24, 2.45) is 7.05 Å². The molecule has 3 rings (SSSR count). The number of aromatic nitrogens is 4. The summed E-state index contributed by atoms with van der Waals surface area (Å²) in [6, 6.07) is 0.305. The molecule has 1 aliphatic rings. The SMILES string of the molecule is CC.COc1ncc2c(n1)-c1c(c(C(=O)N(C)OC)nn1C)CCC2. The lowest BCUT2D eigenvalue weighted by molar-refractivity contribution is -0.0761. The number of amides is 1. The summed E-state index contributed by atoms with van der Waals surface area (Å²) in [7, 11) is 6.36. The summed E-state index contributed by atoms with van der Waals surface area (Å²) < 4.78 is 6.84. The fraction of sp³-hybridized carbons (Fsp3) is 0.529. The van der Waals surface area contributed by atoms with Crippen LogP contribution in [0.1, 0.15) is 41.9 Å².